The van der Waals surface area contributed by atoms with Crippen molar-refractivity contribution in [2.75, 3.05) is 39.6 Å². The Morgan fingerprint density at radius 3 is 0.712 bits per heavy atom. The van der Waals surface area contributed by atoms with Gasteiger partial charge in [0.2, 0.25) is 0 Å². The van der Waals surface area contributed by atoms with Gasteiger partial charge in [0.1, 0.15) is 25.4 Å². The highest BCUT2D eigenvalue weighted by Gasteiger charge is 2.29. The topological polar surface area (TPSA) is 231 Å². The van der Waals surface area contributed by atoms with Gasteiger partial charge in [-0.05, 0) is 148 Å². The molecular formula is C93H156O16P2. The van der Waals surface area contributed by atoms with Gasteiger partial charge in [-0.15, -0.1) is 0 Å². The first-order valence-electron chi connectivity index (χ1n) is 43.4. The molecule has 0 aromatic carbocycles. The van der Waals surface area contributed by atoms with Gasteiger partial charge in [-0.1, -0.05) is 345 Å². The van der Waals surface area contributed by atoms with Gasteiger partial charge in [0.05, 0.1) is 26.4 Å². The van der Waals surface area contributed by atoms with E-state index in [1.165, 1.54) is 96.3 Å². The van der Waals surface area contributed by atoms with Crippen molar-refractivity contribution >= 4 is 33.6 Å². The predicted molar refractivity (Wildman–Crippen MR) is 463 cm³/mol. The second-order valence-electron chi connectivity index (χ2n) is 28.5. The van der Waals surface area contributed by atoms with E-state index in [0.717, 1.165) is 186 Å². The molecule has 5 unspecified atom stereocenters. The summed E-state index contributed by atoms with van der Waals surface area (Å²) in [6.45, 7) is 2.35. The fraction of sp³-hybridized carbons (Fsp3) is 0.667. The number of esters is 3. The number of unbranched alkanes of at least 4 members (excludes halogenated alkanes) is 30. The monoisotopic (exact) mass is 1590 g/mol. The van der Waals surface area contributed by atoms with Crippen LogP contribution in [0.4, 0.5) is 0 Å². The van der Waals surface area contributed by atoms with E-state index in [2.05, 4.69) is 191 Å². The molecular weight excluding hydrogens is 1430 g/mol. The Balaban J connectivity index is 4.61. The summed E-state index contributed by atoms with van der Waals surface area (Å²) < 4.78 is 61.4. The van der Waals surface area contributed by atoms with Crippen molar-refractivity contribution in [2.24, 2.45) is 0 Å². The van der Waals surface area contributed by atoms with E-state index in [0.29, 0.717) is 19.3 Å². The molecule has 0 aromatic rings. The minimum atomic E-state index is -4.95. The van der Waals surface area contributed by atoms with Crippen molar-refractivity contribution in [3.05, 3.63) is 170 Å². The van der Waals surface area contributed by atoms with Crippen LogP contribution in [-0.4, -0.2) is 95.9 Å². The zero-order valence-corrected chi connectivity index (χ0v) is 71.4. The van der Waals surface area contributed by atoms with E-state index in [1.807, 2.05) is 0 Å². The lowest BCUT2D eigenvalue weighted by Gasteiger charge is -2.21. The molecule has 0 aliphatic rings. The maximum absolute atomic E-state index is 13.0. The molecule has 0 heterocycles. The summed E-state index contributed by atoms with van der Waals surface area (Å²) in [4.78, 5) is 58.9. The molecule has 4 N–H and O–H groups in total. The van der Waals surface area contributed by atoms with Crippen molar-refractivity contribution in [1.29, 1.82) is 0 Å². The average Bonchev–Trinajstić information content (AvgIpc) is 0.900. The first-order valence-corrected chi connectivity index (χ1v) is 46.4. The molecule has 111 heavy (non-hydrogen) atoms. The number of ether oxygens (including phenoxy) is 3. The number of hydrogen-bond donors (Lipinski definition) is 4. The van der Waals surface area contributed by atoms with Crippen LogP contribution in [0.2, 0.25) is 0 Å². The molecule has 0 aliphatic heterocycles. The first-order chi connectivity index (χ1) is 54.2. The van der Waals surface area contributed by atoms with Crippen LogP contribution in [-0.2, 0) is 55.8 Å². The number of carbonyl (C=O) groups is 3. The zero-order chi connectivity index (χ0) is 80.8. The Bertz CT molecular complexity index is 2700. The molecule has 0 fully saturated rings. The number of carbonyl (C=O) groups excluding carboxylic acids is 3. The summed E-state index contributed by atoms with van der Waals surface area (Å²) in [5, 5.41) is 20.7. The van der Waals surface area contributed by atoms with E-state index in [9.17, 15) is 43.5 Å². The number of phosphoric acid groups is 2. The van der Waals surface area contributed by atoms with Gasteiger partial charge in [0.15, 0.2) is 6.10 Å². The molecule has 18 heteroatoms. The minimum Gasteiger partial charge on any atom is -0.463 e. The average molecular weight is 1590 g/mol. The molecule has 0 spiro atoms. The first kappa shape index (κ1) is 106. The van der Waals surface area contributed by atoms with E-state index in [4.69, 9.17) is 32.3 Å². The third kappa shape index (κ3) is 85.6. The quantitative estimate of drug-likeness (QED) is 0.0146. The third-order valence-corrected chi connectivity index (χ3v) is 19.8. The van der Waals surface area contributed by atoms with Gasteiger partial charge >= 0.3 is 33.6 Å². The van der Waals surface area contributed by atoms with E-state index in [1.54, 1.807) is 0 Å². The van der Waals surface area contributed by atoms with Gasteiger partial charge in [-0.3, -0.25) is 32.5 Å². The third-order valence-electron chi connectivity index (χ3n) is 17.9. The van der Waals surface area contributed by atoms with Crippen LogP contribution >= 0.6 is 15.6 Å². The van der Waals surface area contributed by atoms with Crippen LogP contribution in [0.1, 0.15) is 342 Å². The molecule has 634 valence electrons. The van der Waals surface area contributed by atoms with Gasteiger partial charge in [0.25, 0.3) is 0 Å². The van der Waals surface area contributed by atoms with Gasteiger partial charge in [0, 0.05) is 19.3 Å². The lowest BCUT2D eigenvalue weighted by molar-refractivity contribution is -0.161. The van der Waals surface area contributed by atoms with Crippen LogP contribution in [0.5, 0.6) is 0 Å². The van der Waals surface area contributed by atoms with Crippen molar-refractivity contribution in [3.8, 4) is 0 Å². The van der Waals surface area contributed by atoms with Gasteiger partial charge in [-0.25, -0.2) is 9.13 Å². The second-order valence-corrected chi connectivity index (χ2v) is 31.5. The second kappa shape index (κ2) is 84.3. The molecule has 0 aromatic heterocycles. The summed E-state index contributed by atoms with van der Waals surface area (Å²) in [6.07, 6.45) is 108. The smallest absolute Gasteiger partial charge is 0.463 e. The number of aliphatic hydroxyl groups is 2. The molecule has 0 aliphatic carbocycles. The lowest BCUT2D eigenvalue weighted by Crippen LogP contribution is -2.30. The molecule has 0 rings (SSSR count). The van der Waals surface area contributed by atoms with Crippen LogP contribution in [0.15, 0.2) is 170 Å². The standard InChI is InChI=1S/C93H156O16P2/c1-4-7-10-13-16-19-22-25-28-31-34-36-38-40-42-43-45-47-48-50-53-55-58-61-64-67-70-73-76-79-91(96)103-82-88(94)83-105-110(99,100)106-84-89(95)85-107-111(101,102)108-87-90(109-93(98)81-78-75-72-69-66-63-60-57-52-33-30-27-24-21-18-15-12-9-6-3)86-104-92(97)80-77-74-71-68-65-62-59-56-54-51-49-46-44-41-39-37-35-32-29-26-23-20-17-14-11-8-5-2/h7-12,16-21,25-30,34-37,40-42,44,52,57,88-90,94-95H,4-6,13-15,22-24,31-33,38-39,43,45-51,53-56,58-87H2,1-3H3,(H,99,100)(H,101,102)/b10-7-,11-8-,12-9-,19-16-,20-17-,21-18-,28-25-,29-26-,30-27-,36-34-,37-35-,42-40-,44-41-,57-52-. The van der Waals surface area contributed by atoms with Crippen LogP contribution in [0.3, 0.4) is 0 Å². The largest absolute Gasteiger partial charge is 0.472 e. The summed E-state index contributed by atoms with van der Waals surface area (Å²) in [6, 6.07) is 0. The lowest BCUT2D eigenvalue weighted by atomic mass is 10.0. The zero-order valence-electron chi connectivity index (χ0n) is 69.6. The Morgan fingerprint density at radius 1 is 0.252 bits per heavy atom. The van der Waals surface area contributed by atoms with Gasteiger partial charge < -0.3 is 34.2 Å². The van der Waals surface area contributed by atoms with Crippen LogP contribution in [0.25, 0.3) is 0 Å². The van der Waals surface area contributed by atoms with Gasteiger partial charge in [-0.2, -0.15) is 0 Å². The Kier molecular flexibility index (Phi) is 80.4. The van der Waals surface area contributed by atoms with Crippen molar-refractivity contribution in [1.82, 2.24) is 0 Å². The summed E-state index contributed by atoms with van der Waals surface area (Å²) in [5.74, 6) is -1.59. The van der Waals surface area contributed by atoms with Crippen LogP contribution < -0.4 is 0 Å². The fourth-order valence-corrected chi connectivity index (χ4v) is 13.0. The van der Waals surface area contributed by atoms with E-state index in [-0.39, 0.29) is 19.3 Å². The normalized spacial score (nSPS) is 14.7. The molecule has 0 bridgehead atoms. The molecule has 0 saturated carbocycles. The highest BCUT2D eigenvalue weighted by atomic mass is 31.2. The van der Waals surface area contributed by atoms with E-state index >= 15 is 0 Å². The van der Waals surface area contributed by atoms with E-state index < -0.39 is 91.5 Å². The SMILES string of the molecule is CC/C=C\C/C=C\C/C=C\C/C=C\C/C=C\CCCCCCCCCCCCCCCC(=O)OCC(O)COP(=O)(O)OCC(O)COP(=O)(O)OCC(COC(=O)CCCCCCCCCCCCC/C=C\C/C=C\C/C=C\C/C=C\C/C=C\CC)OC(=O)CCCCCCCC/C=C\C/C=C\C/C=C\C/C=C\CC. The number of allylic oxidation sites excluding steroid dienone is 28. The van der Waals surface area contributed by atoms with Crippen molar-refractivity contribution < 1.29 is 75.8 Å². The minimum absolute atomic E-state index is 0.0833. The number of hydrogen-bond acceptors (Lipinski definition) is 14. The highest BCUT2D eigenvalue weighted by molar-refractivity contribution is 7.47. The Hall–Kier alpha value is -5.09. The summed E-state index contributed by atoms with van der Waals surface area (Å²) >= 11 is 0. The maximum atomic E-state index is 13.0. The van der Waals surface area contributed by atoms with Crippen molar-refractivity contribution in [3.63, 3.8) is 0 Å². The Labute approximate surface area is 675 Å². The predicted octanol–water partition coefficient (Wildman–Crippen LogP) is 26.3. The maximum Gasteiger partial charge on any atom is 0.472 e. The van der Waals surface area contributed by atoms with Crippen LogP contribution in [0, 0.1) is 0 Å². The van der Waals surface area contributed by atoms with Crippen molar-refractivity contribution in [2.45, 2.75) is 360 Å². The number of rotatable bonds is 81. The summed E-state index contributed by atoms with van der Waals surface area (Å²) in [5.41, 5.74) is 0. The molecule has 16 nitrogen and oxygen atoms in total. The number of aliphatic hydroxyl groups excluding tert-OH is 2. The molecule has 0 radical (unpaired) electrons. The highest BCUT2D eigenvalue weighted by Crippen LogP contribution is 2.45. The summed E-state index contributed by atoms with van der Waals surface area (Å²) in [7, 11) is -9.81. The molecule has 0 saturated heterocycles. The molecule has 5 atom stereocenters. The Morgan fingerprint density at radius 2 is 0.450 bits per heavy atom. The number of phosphoric ester groups is 2. The fourth-order valence-electron chi connectivity index (χ4n) is 11.4. The molecule has 0 amide bonds.